The van der Waals surface area contributed by atoms with Crippen LogP contribution in [-0.2, 0) is 0 Å². The van der Waals surface area contributed by atoms with E-state index in [0.717, 1.165) is 35.0 Å². The lowest BCUT2D eigenvalue weighted by Gasteiger charge is -2.44. The highest BCUT2D eigenvalue weighted by atomic mass is 79.9. The third-order valence-electron chi connectivity index (χ3n) is 4.32. The van der Waals surface area contributed by atoms with Crippen molar-refractivity contribution in [1.82, 2.24) is 20.2 Å². The lowest BCUT2D eigenvalue weighted by atomic mass is 10.1. The normalized spacial score (nSPS) is 18.2. The molecule has 1 aliphatic carbocycles. The van der Waals surface area contributed by atoms with Crippen LogP contribution >= 0.6 is 15.9 Å². The van der Waals surface area contributed by atoms with Crippen LogP contribution in [0.3, 0.4) is 0 Å². The molecule has 7 heteroatoms. The first-order valence-corrected chi connectivity index (χ1v) is 8.29. The summed E-state index contributed by atoms with van der Waals surface area (Å²) in [5.74, 6) is 2.38. The van der Waals surface area contributed by atoms with Crippen molar-refractivity contribution in [3.8, 4) is 0 Å². The molecule has 0 spiro atoms. The molecule has 2 fully saturated rings. The van der Waals surface area contributed by atoms with Crippen molar-refractivity contribution in [2.45, 2.75) is 24.8 Å². The summed E-state index contributed by atoms with van der Waals surface area (Å²) in [4.78, 5) is 13.0. The predicted molar refractivity (Wildman–Crippen MR) is 88.1 cm³/mol. The topological polar surface area (TPSA) is 58.0 Å². The van der Waals surface area contributed by atoms with E-state index in [4.69, 9.17) is 0 Å². The molecule has 114 valence electrons. The fourth-order valence-corrected chi connectivity index (χ4v) is 2.84. The molecule has 1 aliphatic heterocycles. The molecular weight excluding hydrogens is 344 g/mol. The van der Waals surface area contributed by atoms with Crippen molar-refractivity contribution < 1.29 is 0 Å². The minimum Gasteiger partial charge on any atom is -0.351 e. The van der Waals surface area contributed by atoms with Gasteiger partial charge in [0.2, 0.25) is 5.95 Å². The molecule has 3 heterocycles. The molecule has 0 amide bonds. The summed E-state index contributed by atoms with van der Waals surface area (Å²) in [6.07, 6.45) is 6.07. The van der Waals surface area contributed by atoms with Crippen molar-refractivity contribution in [3.05, 3.63) is 34.7 Å². The maximum absolute atomic E-state index is 4.36. The fourth-order valence-electron chi connectivity index (χ4n) is 2.64. The molecule has 2 aromatic rings. The summed E-state index contributed by atoms with van der Waals surface area (Å²) in [5, 5.41) is 8.71. The van der Waals surface area contributed by atoms with Crippen LogP contribution in [0.5, 0.6) is 0 Å². The van der Waals surface area contributed by atoms with Crippen LogP contribution in [0.15, 0.2) is 29.0 Å². The van der Waals surface area contributed by atoms with E-state index in [9.17, 15) is 0 Å². The standard InChI is InChI=1S/C15H17BrN6/c1-21(15-17-6-11(16)7-18-15)12-8-22(9-12)14-5-4-13(19-20-14)10-2-3-10/h4-7,10,12H,2-3,8-9H2,1H3. The second-order valence-electron chi connectivity index (χ2n) is 5.96. The molecule has 1 saturated carbocycles. The second kappa shape index (κ2) is 5.46. The molecule has 1 saturated heterocycles. The van der Waals surface area contributed by atoms with E-state index < -0.39 is 0 Å². The first kappa shape index (κ1) is 13.9. The minimum absolute atomic E-state index is 0.408. The molecule has 0 radical (unpaired) electrons. The first-order valence-electron chi connectivity index (χ1n) is 7.49. The number of halogens is 1. The highest BCUT2D eigenvalue weighted by molar-refractivity contribution is 9.10. The largest absolute Gasteiger partial charge is 0.351 e. The van der Waals surface area contributed by atoms with E-state index >= 15 is 0 Å². The van der Waals surface area contributed by atoms with Gasteiger partial charge < -0.3 is 9.80 Å². The molecule has 0 unspecified atom stereocenters. The maximum atomic E-state index is 4.36. The number of hydrogen-bond acceptors (Lipinski definition) is 6. The highest BCUT2D eigenvalue weighted by Crippen LogP contribution is 2.38. The van der Waals surface area contributed by atoms with Crippen LogP contribution in [0.4, 0.5) is 11.8 Å². The number of aromatic nitrogens is 4. The average Bonchev–Trinajstić information content (AvgIpc) is 3.32. The molecule has 6 nitrogen and oxygen atoms in total. The molecule has 2 aromatic heterocycles. The van der Waals surface area contributed by atoms with E-state index in [0.29, 0.717) is 12.0 Å². The zero-order chi connectivity index (χ0) is 15.1. The number of anilines is 2. The van der Waals surface area contributed by atoms with Crippen molar-refractivity contribution >= 4 is 27.7 Å². The third kappa shape index (κ3) is 2.65. The molecular formula is C15H17BrN6. The summed E-state index contributed by atoms with van der Waals surface area (Å²) in [5.41, 5.74) is 1.14. The smallest absolute Gasteiger partial charge is 0.225 e. The Morgan fingerprint density at radius 1 is 1.14 bits per heavy atom. The van der Waals surface area contributed by atoms with Gasteiger partial charge in [-0.1, -0.05) is 0 Å². The van der Waals surface area contributed by atoms with Gasteiger partial charge >= 0.3 is 0 Å². The van der Waals surface area contributed by atoms with Gasteiger partial charge in [0.05, 0.1) is 16.2 Å². The maximum Gasteiger partial charge on any atom is 0.225 e. The summed E-state index contributed by atoms with van der Waals surface area (Å²) < 4.78 is 0.894. The minimum atomic E-state index is 0.408. The number of likely N-dealkylation sites (N-methyl/N-ethyl adjacent to an activating group) is 1. The van der Waals surface area contributed by atoms with Crippen molar-refractivity contribution in [1.29, 1.82) is 0 Å². The van der Waals surface area contributed by atoms with Gasteiger partial charge in [-0.2, -0.15) is 5.10 Å². The number of rotatable bonds is 4. The van der Waals surface area contributed by atoms with Crippen LogP contribution in [0.1, 0.15) is 24.5 Å². The van der Waals surface area contributed by atoms with Crippen molar-refractivity contribution in [3.63, 3.8) is 0 Å². The molecule has 22 heavy (non-hydrogen) atoms. The Labute approximate surface area is 137 Å². The summed E-state index contributed by atoms with van der Waals surface area (Å²) in [6.45, 7) is 1.85. The van der Waals surface area contributed by atoms with E-state index in [1.54, 1.807) is 12.4 Å². The fraction of sp³-hybridized carbons (Fsp3) is 0.467. The van der Waals surface area contributed by atoms with Gasteiger partial charge in [-0.25, -0.2) is 9.97 Å². The molecule has 0 atom stereocenters. The van der Waals surface area contributed by atoms with E-state index in [1.165, 1.54) is 12.8 Å². The van der Waals surface area contributed by atoms with Gasteiger partial charge in [0, 0.05) is 38.4 Å². The van der Waals surface area contributed by atoms with E-state index in [-0.39, 0.29) is 0 Å². The van der Waals surface area contributed by atoms with Gasteiger partial charge in [-0.05, 0) is 40.9 Å². The SMILES string of the molecule is CN(c1ncc(Br)cn1)C1CN(c2ccc(C3CC3)nn2)C1. The van der Waals surface area contributed by atoms with E-state index in [1.807, 2.05) is 7.05 Å². The molecule has 2 aliphatic rings. The average molecular weight is 361 g/mol. The zero-order valence-electron chi connectivity index (χ0n) is 12.4. The molecule has 0 bridgehead atoms. The third-order valence-corrected chi connectivity index (χ3v) is 4.73. The Morgan fingerprint density at radius 2 is 1.86 bits per heavy atom. The van der Waals surface area contributed by atoms with Gasteiger partial charge in [-0.3, -0.25) is 0 Å². The van der Waals surface area contributed by atoms with Crippen molar-refractivity contribution in [2.75, 3.05) is 29.9 Å². The Hall–Kier alpha value is -1.76. The van der Waals surface area contributed by atoms with Crippen LogP contribution < -0.4 is 9.80 Å². The van der Waals surface area contributed by atoms with Crippen LogP contribution in [0, 0.1) is 0 Å². The Morgan fingerprint density at radius 3 is 2.45 bits per heavy atom. The molecule has 0 aromatic carbocycles. The Bertz CT molecular complexity index is 649. The van der Waals surface area contributed by atoms with Gasteiger partial charge in [-0.15, -0.1) is 5.10 Å². The lowest BCUT2D eigenvalue weighted by molar-refractivity contribution is 0.484. The quantitative estimate of drug-likeness (QED) is 0.833. The lowest BCUT2D eigenvalue weighted by Crippen LogP contribution is -2.59. The Kier molecular flexibility index (Phi) is 3.44. The predicted octanol–water partition coefficient (Wildman–Crippen LogP) is 2.23. The highest BCUT2D eigenvalue weighted by Gasteiger charge is 2.33. The van der Waals surface area contributed by atoms with Gasteiger partial charge in [0.25, 0.3) is 0 Å². The molecule has 0 N–H and O–H groups in total. The summed E-state index contributed by atoms with van der Waals surface area (Å²) in [7, 11) is 2.03. The van der Waals surface area contributed by atoms with Crippen LogP contribution in [0.25, 0.3) is 0 Å². The van der Waals surface area contributed by atoms with Crippen LogP contribution in [-0.4, -0.2) is 46.3 Å². The van der Waals surface area contributed by atoms with E-state index in [2.05, 4.69) is 58.0 Å². The summed E-state index contributed by atoms with van der Waals surface area (Å²) in [6, 6.07) is 4.62. The Balaban J connectivity index is 1.37. The monoisotopic (exact) mass is 360 g/mol. The second-order valence-corrected chi connectivity index (χ2v) is 6.88. The zero-order valence-corrected chi connectivity index (χ0v) is 13.9. The first-order chi connectivity index (χ1) is 10.7. The number of hydrogen-bond donors (Lipinski definition) is 0. The van der Waals surface area contributed by atoms with Gasteiger partial charge in [0.1, 0.15) is 0 Å². The van der Waals surface area contributed by atoms with Crippen molar-refractivity contribution in [2.24, 2.45) is 0 Å². The van der Waals surface area contributed by atoms with Crippen LogP contribution in [0.2, 0.25) is 0 Å². The number of nitrogens with zero attached hydrogens (tertiary/aromatic N) is 6. The molecule has 4 rings (SSSR count). The summed E-state index contributed by atoms with van der Waals surface area (Å²) >= 11 is 3.36. The van der Waals surface area contributed by atoms with Gasteiger partial charge in [0.15, 0.2) is 5.82 Å².